The number of carbonyl (C=O) groups excluding carboxylic acids is 2. The van der Waals surface area contributed by atoms with Crippen molar-refractivity contribution in [2.45, 2.75) is 130 Å². The number of carbonyl (C=O) groups is 2. The van der Waals surface area contributed by atoms with Gasteiger partial charge in [0.2, 0.25) is 0 Å². The van der Waals surface area contributed by atoms with Crippen molar-refractivity contribution in [1.29, 1.82) is 0 Å². The minimum Gasteiger partial charge on any atom is -0.427 e. The number of hydrogen-bond acceptors (Lipinski definition) is 7. The molecule has 0 fully saturated rings. The number of hydrogen-bond donors (Lipinski definition) is 0. The van der Waals surface area contributed by atoms with Crippen LogP contribution in [0.5, 0.6) is 11.5 Å². The van der Waals surface area contributed by atoms with Crippen molar-refractivity contribution in [2.24, 2.45) is 0 Å². The van der Waals surface area contributed by atoms with E-state index < -0.39 is 8.25 Å². The summed E-state index contributed by atoms with van der Waals surface area (Å²) in [4.78, 5) is 24.1. The van der Waals surface area contributed by atoms with Gasteiger partial charge in [0.15, 0.2) is 0 Å². The molecule has 0 aliphatic rings. The van der Waals surface area contributed by atoms with Crippen LogP contribution in [0.2, 0.25) is 0 Å². The summed E-state index contributed by atoms with van der Waals surface area (Å²) < 4.78 is 33.6. The van der Waals surface area contributed by atoms with Crippen molar-refractivity contribution in [3.63, 3.8) is 0 Å². The minimum atomic E-state index is -2.32. The van der Waals surface area contributed by atoms with Crippen LogP contribution in [0, 0.1) is 0 Å². The SMILES string of the molecule is CCCCCCCCCC(=O)Oc1ccc(CO[P+](=O)OCc2ccc(OC(=O)CCCCCCCCC)cc2)cc1. The fraction of sp³-hybridized carbons (Fsp3) is 0.588. The maximum Gasteiger partial charge on any atom is 0.698 e. The largest absolute Gasteiger partial charge is 0.698 e. The number of rotatable bonds is 24. The Labute approximate surface area is 253 Å². The molecule has 0 aromatic heterocycles. The average molecular weight is 602 g/mol. The van der Waals surface area contributed by atoms with Gasteiger partial charge in [-0.1, -0.05) is 115 Å². The van der Waals surface area contributed by atoms with Gasteiger partial charge in [-0.3, -0.25) is 9.59 Å². The number of ether oxygens (including phenoxy) is 2. The number of esters is 2. The normalized spacial score (nSPS) is 10.9. The highest BCUT2D eigenvalue weighted by Crippen LogP contribution is 2.28. The second kappa shape index (κ2) is 22.9. The lowest BCUT2D eigenvalue weighted by Gasteiger charge is -2.05. The standard InChI is InChI=1S/C34H50O7P/c1-3-5-7-9-11-13-15-17-33(35)40-31-23-19-29(20-24-31)27-38-42(37)39-28-30-21-25-32(26-22-30)41-34(36)18-16-14-12-10-8-6-4-2/h19-26H,3-18,27-28H2,1-2H3/q+1. The Morgan fingerprint density at radius 3 is 1.21 bits per heavy atom. The molecule has 0 amide bonds. The van der Waals surface area contributed by atoms with Crippen molar-refractivity contribution >= 4 is 20.2 Å². The summed E-state index contributed by atoms with van der Waals surface area (Å²) in [6, 6.07) is 13.9. The molecule has 0 atom stereocenters. The Morgan fingerprint density at radius 2 is 0.857 bits per heavy atom. The van der Waals surface area contributed by atoms with Crippen molar-refractivity contribution in [2.75, 3.05) is 0 Å². The van der Waals surface area contributed by atoms with E-state index in [-0.39, 0.29) is 25.2 Å². The van der Waals surface area contributed by atoms with Crippen LogP contribution >= 0.6 is 8.25 Å². The van der Waals surface area contributed by atoms with E-state index in [9.17, 15) is 14.2 Å². The Hall–Kier alpha value is -2.60. The third kappa shape index (κ3) is 17.4. The summed E-state index contributed by atoms with van der Waals surface area (Å²) in [5, 5.41) is 0. The number of benzene rings is 2. The first-order valence-electron chi connectivity index (χ1n) is 15.8. The van der Waals surface area contributed by atoms with Crippen molar-refractivity contribution in [3.05, 3.63) is 59.7 Å². The minimum absolute atomic E-state index is 0.106. The van der Waals surface area contributed by atoms with Gasteiger partial charge in [0.25, 0.3) is 0 Å². The van der Waals surface area contributed by atoms with E-state index in [0.29, 0.717) is 24.3 Å². The zero-order valence-corrected chi connectivity index (χ0v) is 26.5. The maximum absolute atomic E-state index is 12.2. The molecule has 2 aromatic carbocycles. The quantitative estimate of drug-likeness (QED) is 0.0512. The molecular formula is C34H50O7P+. The molecule has 2 aromatic rings. The van der Waals surface area contributed by atoms with Gasteiger partial charge in [-0.05, 0) is 48.2 Å². The molecule has 0 aliphatic heterocycles. The van der Waals surface area contributed by atoms with E-state index in [2.05, 4.69) is 13.8 Å². The molecule has 0 unspecified atom stereocenters. The van der Waals surface area contributed by atoms with Crippen molar-refractivity contribution < 1.29 is 32.7 Å². The monoisotopic (exact) mass is 601 g/mol. The van der Waals surface area contributed by atoms with Gasteiger partial charge in [-0.25, -0.2) is 0 Å². The molecule has 42 heavy (non-hydrogen) atoms. The van der Waals surface area contributed by atoms with E-state index in [1.165, 1.54) is 51.4 Å². The predicted molar refractivity (Wildman–Crippen MR) is 167 cm³/mol. The molecule has 8 heteroatoms. The highest BCUT2D eigenvalue weighted by atomic mass is 31.1. The maximum atomic E-state index is 12.2. The summed E-state index contributed by atoms with van der Waals surface area (Å²) in [6.45, 7) is 4.62. The van der Waals surface area contributed by atoms with Crippen LogP contribution in [0.25, 0.3) is 0 Å². The second-order valence-corrected chi connectivity index (χ2v) is 11.7. The Kier molecular flexibility index (Phi) is 19.4. The summed E-state index contributed by atoms with van der Waals surface area (Å²) >= 11 is 0. The van der Waals surface area contributed by atoms with Gasteiger partial charge < -0.3 is 9.47 Å². The topological polar surface area (TPSA) is 88.1 Å². The molecule has 0 heterocycles. The van der Waals surface area contributed by atoms with E-state index in [0.717, 1.165) is 49.7 Å². The molecule has 0 bridgehead atoms. The molecule has 0 aliphatic carbocycles. The van der Waals surface area contributed by atoms with Crippen LogP contribution in [-0.2, 0) is 36.4 Å². The Bertz CT molecular complexity index is 940. The van der Waals surface area contributed by atoms with E-state index in [4.69, 9.17) is 18.5 Å². The van der Waals surface area contributed by atoms with Gasteiger partial charge in [-0.15, -0.1) is 9.05 Å². The molecule has 0 radical (unpaired) electrons. The highest BCUT2D eigenvalue weighted by Gasteiger charge is 2.21. The molecule has 2 rings (SSSR count). The van der Waals surface area contributed by atoms with Gasteiger partial charge in [0.05, 0.1) is 0 Å². The summed E-state index contributed by atoms with van der Waals surface area (Å²) in [6.07, 6.45) is 17.0. The zero-order chi connectivity index (χ0) is 30.3. The van der Waals surface area contributed by atoms with Crippen LogP contribution in [0.3, 0.4) is 0 Å². The molecule has 7 nitrogen and oxygen atoms in total. The predicted octanol–water partition coefficient (Wildman–Crippen LogP) is 10.2. The summed E-state index contributed by atoms with van der Waals surface area (Å²) in [5.74, 6) is 0.524. The van der Waals surface area contributed by atoms with E-state index >= 15 is 0 Å². The molecule has 232 valence electrons. The number of unbranched alkanes of at least 4 members (excludes halogenated alkanes) is 12. The average Bonchev–Trinajstić information content (AvgIpc) is 2.99. The van der Waals surface area contributed by atoms with Crippen molar-refractivity contribution in [1.82, 2.24) is 0 Å². The van der Waals surface area contributed by atoms with Gasteiger partial charge in [0, 0.05) is 17.4 Å². The fourth-order valence-electron chi connectivity index (χ4n) is 4.42. The second-order valence-electron chi connectivity index (χ2n) is 10.7. The molecule has 0 saturated carbocycles. The van der Waals surface area contributed by atoms with Crippen LogP contribution in [0.1, 0.15) is 128 Å². The first kappa shape index (κ1) is 35.6. The lowest BCUT2D eigenvalue weighted by atomic mass is 10.1. The van der Waals surface area contributed by atoms with Crippen LogP contribution < -0.4 is 9.47 Å². The molecule has 0 saturated heterocycles. The third-order valence-electron chi connectivity index (χ3n) is 6.95. The zero-order valence-electron chi connectivity index (χ0n) is 25.7. The van der Waals surface area contributed by atoms with Gasteiger partial charge in [0.1, 0.15) is 24.7 Å². The molecule has 0 N–H and O–H groups in total. The Balaban J connectivity index is 1.57. The van der Waals surface area contributed by atoms with E-state index in [1.54, 1.807) is 48.5 Å². The van der Waals surface area contributed by atoms with Gasteiger partial charge >= 0.3 is 20.2 Å². The molecular weight excluding hydrogens is 551 g/mol. The van der Waals surface area contributed by atoms with Crippen LogP contribution in [-0.4, -0.2) is 11.9 Å². The highest BCUT2D eigenvalue weighted by molar-refractivity contribution is 7.33. The van der Waals surface area contributed by atoms with Crippen molar-refractivity contribution in [3.8, 4) is 11.5 Å². The first-order chi connectivity index (χ1) is 20.5. The van der Waals surface area contributed by atoms with E-state index in [1.807, 2.05) is 0 Å². The Morgan fingerprint density at radius 1 is 0.524 bits per heavy atom. The third-order valence-corrected chi connectivity index (χ3v) is 7.63. The lowest BCUT2D eigenvalue weighted by molar-refractivity contribution is -0.135. The van der Waals surface area contributed by atoms with Gasteiger partial charge in [-0.2, -0.15) is 0 Å². The van der Waals surface area contributed by atoms with Crippen LogP contribution in [0.4, 0.5) is 0 Å². The summed E-state index contributed by atoms with van der Waals surface area (Å²) in [7, 11) is -2.32. The van der Waals surface area contributed by atoms with Crippen LogP contribution in [0.15, 0.2) is 48.5 Å². The molecule has 0 spiro atoms. The fourth-order valence-corrected chi connectivity index (χ4v) is 5.00. The smallest absolute Gasteiger partial charge is 0.427 e. The summed E-state index contributed by atoms with van der Waals surface area (Å²) in [5.41, 5.74) is 1.58. The first-order valence-corrected chi connectivity index (χ1v) is 16.9. The lowest BCUT2D eigenvalue weighted by Crippen LogP contribution is -2.07.